The van der Waals surface area contributed by atoms with Gasteiger partial charge in [-0.3, -0.25) is 0 Å². The average Bonchev–Trinajstić information content (AvgIpc) is 2.49. The van der Waals surface area contributed by atoms with Crippen LogP contribution in [0.5, 0.6) is 0 Å². The van der Waals surface area contributed by atoms with Crippen LogP contribution in [-0.2, 0) is 11.3 Å². The van der Waals surface area contributed by atoms with Crippen LogP contribution in [0.15, 0.2) is 18.2 Å². The lowest BCUT2D eigenvalue weighted by Gasteiger charge is -2.13. The summed E-state index contributed by atoms with van der Waals surface area (Å²) in [4.78, 5) is 0. The third kappa shape index (κ3) is 7.27. The number of benzene rings is 1. The molecule has 0 fully saturated rings. The monoisotopic (exact) mass is 291 g/mol. The highest BCUT2D eigenvalue weighted by molar-refractivity contribution is 5.38. The quantitative estimate of drug-likeness (QED) is 0.580. The largest absolute Gasteiger partial charge is 0.374 e. The minimum Gasteiger partial charge on any atom is -0.374 e. The van der Waals surface area contributed by atoms with Gasteiger partial charge >= 0.3 is 0 Å². The first-order valence-corrected chi connectivity index (χ1v) is 7.76. The first-order chi connectivity index (χ1) is 10.2. The number of unbranched alkanes of at least 4 members (excludes halogenated alkanes) is 3. The lowest BCUT2D eigenvalue weighted by atomic mass is 10.1. The van der Waals surface area contributed by atoms with Gasteiger partial charge in [0, 0.05) is 0 Å². The minimum absolute atomic E-state index is 0.227. The van der Waals surface area contributed by atoms with Crippen LogP contribution in [0, 0.1) is 17.7 Å². The van der Waals surface area contributed by atoms with Gasteiger partial charge in [-0.25, -0.2) is 4.39 Å². The maximum absolute atomic E-state index is 13.5. The molecule has 1 rings (SSSR count). The highest BCUT2D eigenvalue weighted by Crippen LogP contribution is 2.13. The Labute approximate surface area is 127 Å². The van der Waals surface area contributed by atoms with Crippen molar-refractivity contribution in [2.45, 2.75) is 58.7 Å². The van der Waals surface area contributed by atoms with Gasteiger partial charge in [0.15, 0.2) is 0 Å². The fraction of sp³-hybridized carbons (Fsp3) is 0.556. The van der Waals surface area contributed by atoms with E-state index in [1.807, 2.05) is 0 Å². The lowest BCUT2D eigenvalue weighted by molar-refractivity contribution is 0.0458. The third-order valence-corrected chi connectivity index (χ3v) is 3.35. The van der Waals surface area contributed by atoms with Gasteiger partial charge in [-0.2, -0.15) is 0 Å². The van der Waals surface area contributed by atoms with Crippen molar-refractivity contribution in [1.29, 1.82) is 0 Å². The van der Waals surface area contributed by atoms with E-state index in [1.165, 1.54) is 31.7 Å². The SMILES string of the molecule is CCCCCCC(C)OCc1ccc(F)c(C#CCN)c1. The Morgan fingerprint density at radius 3 is 2.81 bits per heavy atom. The van der Waals surface area contributed by atoms with Crippen LogP contribution in [0.1, 0.15) is 57.1 Å². The molecular weight excluding hydrogens is 265 g/mol. The van der Waals surface area contributed by atoms with Crippen LogP contribution in [-0.4, -0.2) is 12.6 Å². The van der Waals surface area contributed by atoms with E-state index >= 15 is 0 Å². The van der Waals surface area contributed by atoms with Gasteiger partial charge in [-0.15, -0.1) is 0 Å². The first kappa shape index (κ1) is 17.7. The van der Waals surface area contributed by atoms with Crippen molar-refractivity contribution in [1.82, 2.24) is 0 Å². The van der Waals surface area contributed by atoms with Crippen LogP contribution in [0.25, 0.3) is 0 Å². The lowest BCUT2D eigenvalue weighted by Crippen LogP contribution is -2.08. The molecule has 0 bridgehead atoms. The Morgan fingerprint density at radius 1 is 1.29 bits per heavy atom. The van der Waals surface area contributed by atoms with Crippen molar-refractivity contribution in [3.05, 3.63) is 35.1 Å². The Kier molecular flexibility index (Phi) is 8.73. The van der Waals surface area contributed by atoms with E-state index in [0.29, 0.717) is 12.2 Å². The minimum atomic E-state index is -0.313. The van der Waals surface area contributed by atoms with Crippen molar-refractivity contribution in [2.24, 2.45) is 5.73 Å². The molecule has 0 aliphatic rings. The summed E-state index contributed by atoms with van der Waals surface area (Å²) < 4.78 is 19.4. The van der Waals surface area contributed by atoms with E-state index in [2.05, 4.69) is 25.7 Å². The molecule has 1 aromatic rings. The average molecular weight is 291 g/mol. The van der Waals surface area contributed by atoms with Gasteiger partial charge in [0.2, 0.25) is 0 Å². The molecule has 2 nitrogen and oxygen atoms in total. The predicted octanol–water partition coefficient (Wildman–Crippen LogP) is 4.01. The zero-order valence-electron chi connectivity index (χ0n) is 13.1. The Balaban J connectivity index is 2.44. The van der Waals surface area contributed by atoms with Crippen molar-refractivity contribution in [3.8, 4) is 11.8 Å². The van der Waals surface area contributed by atoms with Gasteiger partial charge in [0.25, 0.3) is 0 Å². The number of hydrogen-bond acceptors (Lipinski definition) is 2. The van der Waals surface area contributed by atoms with E-state index in [1.54, 1.807) is 12.1 Å². The second-order valence-electron chi connectivity index (χ2n) is 5.29. The molecule has 3 heteroatoms. The van der Waals surface area contributed by atoms with E-state index in [4.69, 9.17) is 10.5 Å². The van der Waals surface area contributed by atoms with Crippen LogP contribution in [0.3, 0.4) is 0 Å². The molecule has 0 radical (unpaired) electrons. The molecule has 0 aliphatic heterocycles. The molecule has 0 aliphatic carbocycles. The molecule has 0 saturated heterocycles. The summed E-state index contributed by atoms with van der Waals surface area (Å²) in [5, 5.41) is 0. The summed E-state index contributed by atoms with van der Waals surface area (Å²) in [5.74, 6) is 5.11. The fourth-order valence-corrected chi connectivity index (χ4v) is 2.08. The van der Waals surface area contributed by atoms with Crippen LogP contribution in [0.4, 0.5) is 4.39 Å². The third-order valence-electron chi connectivity index (χ3n) is 3.35. The Hall–Kier alpha value is -1.37. The van der Waals surface area contributed by atoms with Gasteiger partial charge in [-0.1, -0.05) is 50.5 Å². The highest BCUT2D eigenvalue weighted by atomic mass is 19.1. The molecule has 21 heavy (non-hydrogen) atoms. The zero-order chi connectivity index (χ0) is 15.5. The van der Waals surface area contributed by atoms with E-state index in [9.17, 15) is 4.39 Å². The fourth-order valence-electron chi connectivity index (χ4n) is 2.08. The molecule has 2 N–H and O–H groups in total. The van der Waals surface area contributed by atoms with Gasteiger partial charge in [0.05, 0.1) is 24.8 Å². The molecule has 116 valence electrons. The topological polar surface area (TPSA) is 35.2 Å². The Bertz CT molecular complexity index is 476. The number of hydrogen-bond donors (Lipinski definition) is 1. The maximum Gasteiger partial charge on any atom is 0.138 e. The van der Waals surface area contributed by atoms with E-state index < -0.39 is 0 Å². The summed E-state index contributed by atoms with van der Waals surface area (Å²) in [6.07, 6.45) is 6.29. The summed E-state index contributed by atoms with van der Waals surface area (Å²) in [5.41, 5.74) is 6.64. The standard InChI is InChI=1S/C18H26FNO/c1-3-4-5-6-8-15(2)21-14-16-10-11-18(19)17(13-16)9-7-12-20/h10-11,13,15H,3-6,8,12,14,20H2,1-2H3. The highest BCUT2D eigenvalue weighted by Gasteiger charge is 2.05. The number of ether oxygens (including phenoxy) is 1. The number of rotatable bonds is 8. The van der Waals surface area contributed by atoms with Crippen LogP contribution >= 0.6 is 0 Å². The van der Waals surface area contributed by atoms with Crippen LogP contribution in [0.2, 0.25) is 0 Å². The van der Waals surface area contributed by atoms with Gasteiger partial charge < -0.3 is 10.5 Å². The molecule has 0 aromatic heterocycles. The van der Waals surface area contributed by atoms with Crippen LogP contribution < -0.4 is 5.73 Å². The molecule has 1 aromatic carbocycles. The number of halogens is 1. The maximum atomic E-state index is 13.5. The molecule has 1 atom stereocenters. The molecule has 0 heterocycles. The Morgan fingerprint density at radius 2 is 2.10 bits per heavy atom. The van der Waals surface area contributed by atoms with E-state index in [-0.39, 0.29) is 18.5 Å². The molecule has 0 spiro atoms. The second-order valence-corrected chi connectivity index (χ2v) is 5.29. The zero-order valence-corrected chi connectivity index (χ0v) is 13.1. The van der Waals surface area contributed by atoms with Crippen molar-refractivity contribution in [3.63, 3.8) is 0 Å². The summed E-state index contributed by atoms with van der Waals surface area (Å²) >= 11 is 0. The van der Waals surface area contributed by atoms with Gasteiger partial charge in [-0.05, 0) is 31.0 Å². The normalized spacial score (nSPS) is 11.8. The smallest absolute Gasteiger partial charge is 0.138 e. The molecule has 1 unspecified atom stereocenters. The summed E-state index contributed by atoms with van der Waals surface area (Å²) in [7, 11) is 0. The van der Waals surface area contributed by atoms with Gasteiger partial charge in [0.1, 0.15) is 5.82 Å². The first-order valence-electron chi connectivity index (χ1n) is 7.76. The number of nitrogens with two attached hydrogens (primary N) is 1. The molecule has 0 saturated carbocycles. The summed E-state index contributed by atoms with van der Waals surface area (Å²) in [6.45, 7) is 5.02. The van der Waals surface area contributed by atoms with Crippen molar-refractivity contribution < 1.29 is 9.13 Å². The molecular formula is C18H26FNO. The predicted molar refractivity (Wildman–Crippen MR) is 85.3 cm³/mol. The van der Waals surface area contributed by atoms with Crippen molar-refractivity contribution >= 4 is 0 Å². The summed E-state index contributed by atoms with van der Waals surface area (Å²) in [6, 6.07) is 4.92. The van der Waals surface area contributed by atoms with Crippen molar-refractivity contribution in [2.75, 3.05) is 6.54 Å². The second kappa shape index (κ2) is 10.4. The van der Waals surface area contributed by atoms with E-state index in [0.717, 1.165) is 12.0 Å². The molecule has 0 amide bonds.